The summed E-state index contributed by atoms with van der Waals surface area (Å²) in [6, 6.07) is -3.24. The fraction of sp³-hybridized carbons (Fsp3) is 0.579. The van der Waals surface area contributed by atoms with Crippen molar-refractivity contribution in [2.24, 2.45) is 5.73 Å². The zero-order chi connectivity index (χ0) is 27.8. The van der Waals surface area contributed by atoms with Crippen LogP contribution in [0.3, 0.4) is 0 Å². The van der Waals surface area contributed by atoms with E-state index in [9.17, 15) is 38.4 Å². The van der Waals surface area contributed by atoms with Crippen LogP contribution in [0.5, 0.6) is 0 Å². The Labute approximate surface area is 206 Å². The van der Waals surface area contributed by atoms with Gasteiger partial charge in [0.15, 0.2) is 0 Å². The predicted molar refractivity (Wildman–Crippen MR) is 122 cm³/mol. The second kappa shape index (κ2) is 16.4. The first-order chi connectivity index (χ1) is 16.8. The highest BCUT2D eigenvalue weighted by Gasteiger charge is 2.20. The normalized spacial score (nSPS) is 12.6. The highest BCUT2D eigenvalue weighted by atomic mass is 16.4. The maximum atomic E-state index is 12.0. The molecule has 0 fully saturated rings. The molecule has 0 radical (unpaired) electrons. The summed E-state index contributed by atoms with van der Waals surface area (Å²) in [5, 5.41) is 24.3. The first-order valence-electron chi connectivity index (χ1n) is 10.7. The minimum absolute atomic E-state index is 0.295. The number of carboxylic acids is 1. The number of amides is 7. The van der Waals surface area contributed by atoms with E-state index in [0.717, 1.165) is 0 Å². The van der Waals surface area contributed by atoms with Gasteiger partial charge in [-0.3, -0.25) is 38.4 Å². The Morgan fingerprint density at radius 1 is 0.556 bits per heavy atom. The Morgan fingerprint density at radius 2 is 0.889 bits per heavy atom. The molecule has 17 nitrogen and oxygen atoms in total. The molecular weight excluding hydrogens is 484 g/mol. The molecule has 10 N–H and O–H groups in total. The van der Waals surface area contributed by atoms with Crippen molar-refractivity contribution in [1.82, 2.24) is 37.2 Å². The Balaban J connectivity index is 4.25. The van der Waals surface area contributed by atoms with E-state index in [1.807, 2.05) is 0 Å². The van der Waals surface area contributed by atoms with Crippen molar-refractivity contribution in [3.05, 3.63) is 0 Å². The summed E-state index contributed by atoms with van der Waals surface area (Å²) in [6.45, 7) is 1.73. The average Bonchev–Trinajstić information content (AvgIpc) is 2.82. The van der Waals surface area contributed by atoms with E-state index in [0.29, 0.717) is 0 Å². The van der Waals surface area contributed by atoms with E-state index < -0.39 is 85.1 Å². The lowest BCUT2D eigenvalue weighted by molar-refractivity contribution is -0.141. The van der Waals surface area contributed by atoms with E-state index in [4.69, 9.17) is 10.8 Å². The molecule has 202 valence electrons. The fourth-order valence-electron chi connectivity index (χ4n) is 2.20. The minimum atomic E-state index is -1.25. The first-order valence-corrected chi connectivity index (χ1v) is 10.7. The van der Waals surface area contributed by atoms with Gasteiger partial charge in [0.2, 0.25) is 41.4 Å². The van der Waals surface area contributed by atoms with Crippen LogP contribution in [-0.2, 0) is 38.4 Å². The summed E-state index contributed by atoms with van der Waals surface area (Å²) >= 11 is 0. The van der Waals surface area contributed by atoms with Gasteiger partial charge in [-0.2, -0.15) is 0 Å². The van der Waals surface area contributed by atoms with Crippen LogP contribution in [0.1, 0.15) is 20.8 Å². The topological polar surface area (TPSA) is 267 Å². The summed E-state index contributed by atoms with van der Waals surface area (Å²) in [7, 11) is 0. The number of rotatable bonds is 15. The molecule has 0 aromatic carbocycles. The second-order valence-electron chi connectivity index (χ2n) is 7.40. The zero-order valence-corrected chi connectivity index (χ0v) is 20.1. The third-order valence-electron chi connectivity index (χ3n) is 4.21. The van der Waals surface area contributed by atoms with Crippen molar-refractivity contribution in [2.75, 3.05) is 32.7 Å². The van der Waals surface area contributed by atoms with Gasteiger partial charge < -0.3 is 48.1 Å². The average molecular weight is 517 g/mol. The lowest BCUT2D eigenvalue weighted by atomic mass is 10.3. The highest BCUT2D eigenvalue weighted by Crippen LogP contribution is 1.85. The molecule has 0 aliphatic carbocycles. The molecule has 7 amide bonds. The van der Waals surface area contributed by atoms with Gasteiger partial charge in [0.25, 0.3) is 0 Å². The molecule has 0 aliphatic rings. The van der Waals surface area contributed by atoms with Crippen molar-refractivity contribution in [2.45, 2.75) is 38.9 Å². The number of carbonyl (C=O) groups excluding carboxylic acids is 7. The molecule has 17 heteroatoms. The number of nitrogens with two attached hydrogens (primary N) is 1. The molecular formula is C19H32N8O9. The molecule has 3 atom stereocenters. The summed E-state index contributed by atoms with van der Waals surface area (Å²) in [5.41, 5.74) is 5.08. The van der Waals surface area contributed by atoms with Gasteiger partial charge in [0.05, 0.1) is 32.7 Å². The predicted octanol–water partition coefficient (Wildman–Crippen LogP) is -5.99. The van der Waals surface area contributed by atoms with E-state index in [1.165, 1.54) is 20.8 Å². The minimum Gasteiger partial charge on any atom is -0.480 e. The fourth-order valence-corrected chi connectivity index (χ4v) is 2.20. The smallest absolute Gasteiger partial charge is 0.325 e. The van der Waals surface area contributed by atoms with Crippen LogP contribution in [0.25, 0.3) is 0 Å². The van der Waals surface area contributed by atoms with Crippen LogP contribution in [-0.4, -0.2) is 103 Å². The lowest BCUT2D eigenvalue weighted by Gasteiger charge is -2.16. The van der Waals surface area contributed by atoms with Gasteiger partial charge in [-0.05, 0) is 20.8 Å². The Morgan fingerprint density at radius 3 is 1.28 bits per heavy atom. The Bertz CT molecular complexity index is 864. The van der Waals surface area contributed by atoms with Gasteiger partial charge in [0.1, 0.15) is 18.1 Å². The maximum absolute atomic E-state index is 12.0. The molecule has 0 heterocycles. The van der Waals surface area contributed by atoms with E-state index >= 15 is 0 Å². The number of carbonyl (C=O) groups is 8. The van der Waals surface area contributed by atoms with Crippen molar-refractivity contribution in [3.8, 4) is 0 Å². The Hall–Kier alpha value is -4.28. The van der Waals surface area contributed by atoms with Crippen molar-refractivity contribution < 1.29 is 43.5 Å². The summed E-state index contributed by atoms with van der Waals surface area (Å²) < 4.78 is 0. The molecule has 0 aromatic heterocycles. The maximum Gasteiger partial charge on any atom is 0.325 e. The molecule has 0 spiro atoms. The molecule has 0 saturated carbocycles. The molecule has 0 aromatic rings. The third-order valence-corrected chi connectivity index (χ3v) is 4.21. The molecule has 0 rings (SSSR count). The standard InChI is InChI=1S/C19H32N8O9/c1-9(17(33)23-5-13(29)22-7-15(31)27-11(3)19(35)36)26-16(32)8-24-18(34)10(2)25-14(30)6-21-12(28)4-20/h9-11H,4-8,20H2,1-3H3,(H,21,28)(H,22,29)(H,23,33)(H,24,34)(H,25,30)(H,26,32)(H,27,31)(H,35,36)/t9-,10-,11-/m0/s1. The quantitative estimate of drug-likeness (QED) is 0.0994. The Kier molecular flexibility index (Phi) is 14.4. The molecule has 0 unspecified atom stereocenters. The first kappa shape index (κ1) is 31.7. The highest BCUT2D eigenvalue weighted by molar-refractivity contribution is 5.94. The molecule has 0 aliphatic heterocycles. The SMILES string of the molecule is C[C@H](NC(=O)CNC(=O)CNC(=O)[C@H](C)NC(=O)CNC(=O)[C@H](C)NC(=O)CNC(=O)CN)C(=O)O. The molecule has 0 saturated heterocycles. The number of carboxylic acid groups (broad SMARTS) is 1. The van der Waals surface area contributed by atoms with Crippen LogP contribution in [0.15, 0.2) is 0 Å². The molecule has 36 heavy (non-hydrogen) atoms. The van der Waals surface area contributed by atoms with Gasteiger partial charge in [-0.1, -0.05) is 0 Å². The van der Waals surface area contributed by atoms with Crippen molar-refractivity contribution >= 4 is 47.3 Å². The van der Waals surface area contributed by atoms with Crippen molar-refractivity contribution in [1.29, 1.82) is 0 Å². The lowest BCUT2D eigenvalue weighted by Crippen LogP contribution is -2.52. The largest absolute Gasteiger partial charge is 0.480 e. The number of hydrogen-bond acceptors (Lipinski definition) is 9. The zero-order valence-electron chi connectivity index (χ0n) is 20.1. The van der Waals surface area contributed by atoms with Crippen LogP contribution in [0.4, 0.5) is 0 Å². The van der Waals surface area contributed by atoms with Gasteiger partial charge in [0, 0.05) is 0 Å². The summed E-state index contributed by atoms with van der Waals surface area (Å²) in [5.74, 6) is -6.06. The summed E-state index contributed by atoms with van der Waals surface area (Å²) in [4.78, 5) is 92.5. The van der Waals surface area contributed by atoms with Crippen molar-refractivity contribution in [3.63, 3.8) is 0 Å². The molecule has 0 bridgehead atoms. The van der Waals surface area contributed by atoms with E-state index in [-0.39, 0.29) is 13.1 Å². The van der Waals surface area contributed by atoms with E-state index in [2.05, 4.69) is 37.2 Å². The van der Waals surface area contributed by atoms with Crippen LogP contribution in [0, 0.1) is 0 Å². The number of hydrogen-bond donors (Lipinski definition) is 9. The second-order valence-corrected chi connectivity index (χ2v) is 7.40. The van der Waals surface area contributed by atoms with Gasteiger partial charge >= 0.3 is 5.97 Å². The van der Waals surface area contributed by atoms with Gasteiger partial charge in [-0.25, -0.2) is 0 Å². The van der Waals surface area contributed by atoms with Crippen LogP contribution < -0.4 is 43.0 Å². The van der Waals surface area contributed by atoms with E-state index in [1.54, 1.807) is 0 Å². The van der Waals surface area contributed by atoms with Crippen LogP contribution in [0.2, 0.25) is 0 Å². The van der Waals surface area contributed by atoms with Crippen LogP contribution >= 0.6 is 0 Å². The van der Waals surface area contributed by atoms with Gasteiger partial charge in [-0.15, -0.1) is 0 Å². The number of nitrogens with one attached hydrogen (secondary N) is 7. The third kappa shape index (κ3) is 14.1. The number of aliphatic carboxylic acids is 1. The monoisotopic (exact) mass is 516 g/mol. The summed E-state index contributed by atoms with van der Waals surface area (Å²) in [6.07, 6.45) is 0.